The molecule has 1 aliphatic heterocycles. The van der Waals surface area contributed by atoms with Gasteiger partial charge in [0.05, 0.1) is 0 Å². The molecule has 0 aliphatic carbocycles. The van der Waals surface area contributed by atoms with Crippen molar-refractivity contribution in [1.82, 2.24) is 4.90 Å². The number of hydrogen-bond donors (Lipinski definition) is 0. The third kappa shape index (κ3) is 5.69. The number of likely N-dealkylation sites (tertiary alicyclic amines) is 1. The van der Waals surface area contributed by atoms with Gasteiger partial charge in [-0.1, -0.05) is 35.2 Å². The molecular weight excluding hydrogens is 226 g/mol. The third-order valence-electron chi connectivity index (χ3n) is 2.81. The van der Waals surface area contributed by atoms with Gasteiger partial charge in [-0.15, -0.1) is 0 Å². The van der Waals surface area contributed by atoms with Gasteiger partial charge in [0.25, 0.3) is 0 Å². The number of alkyl halides is 1. The first-order valence-electron chi connectivity index (χ1n) is 5.72. The maximum absolute atomic E-state index is 3.47. The Balaban J connectivity index is 1.86. The van der Waals surface area contributed by atoms with Crippen LogP contribution in [0.3, 0.4) is 0 Å². The highest BCUT2D eigenvalue weighted by atomic mass is 79.9. The van der Waals surface area contributed by atoms with Gasteiger partial charge in [0.1, 0.15) is 0 Å². The molecule has 1 nitrogen and oxygen atoms in total. The summed E-state index contributed by atoms with van der Waals surface area (Å²) in [6, 6.07) is 0. The Morgan fingerprint density at radius 2 is 1.54 bits per heavy atom. The summed E-state index contributed by atoms with van der Waals surface area (Å²) in [7, 11) is 0. The molecule has 1 heterocycles. The lowest BCUT2D eigenvalue weighted by Crippen LogP contribution is -2.30. The molecule has 0 spiro atoms. The molecule has 1 rings (SSSR count). The number of rotatable bonds is 6. The van der Waals surface area contributed by atoms with E-state index in [-0.39, 0.29) is 0 Å². The van der Waals surface area contributed by atoms with Gasteiger partial charge < -0.3 is 4.90 Å². The summed E-state index contributed by atoms with van der Waals surface area (Å²) in [6.45, 7) is 4.07. The van der Waals surface area contributed by atoms with Crippen LogP contribution in [-0.2, 0) is 0 Å². The van der Waals surface area contributed by atoms with Gasteiger partial charge in [-0.05, 0) is 45.3 Å². The van der Waals surface area contributed by atoms with E-state index in [0.29, 0.717) is 0 Å². The van der Waals surface area contributed by atoms with Gasteiger partial charge in [-0.2, -0.15) is 0 Å². The lowest BCUT2D eigenvalue weighted by Gasteiger charge is -2.26. The topological polar surface area (TPSA) is 3.24 Å². The zero-order valence-corrected chi connectivity index (χ0v) is 10.2. The molecule has 0 N–H and O–H groups in total. The molecule has 0 bridgehead atoms. The Kier molecular flexibility index (Phi) is 6.92. The van der Waals surface area contributed by atoms with Crippen LogP contribution in [0.4, 0.5) is 0 Å². The van der Waals surface area contributed by atoms with E-state index in [1.807, 2.05) is 0 Å². The number of unbranched alkanes of at least 4 members (excludes halogenated alkanes) is 3. The van der Waals surface area contributed by atoms with Crippen LogP contribution >= 0.6 is 15.9 Å². The molecular formula is C11H22BrN. The smallest absolute Gasteiger partial charge is 0.00313 e. The normalized spacial score (nSPS) is 19.2. The van der Waals surface area contributed by atoms with E-state index in [2.05, 4.69) is 20.8 Å². The summed E-state index contributed by atoms with van der Waals surface area (Å²) in [6.07, 6.45) is 9.90. The van der Waals surface area contributed by atoms with Crippen LogP contribution in [0, 0.1) is 0 Å². The van der Waals surface area contributed by atoms with Crippen molar-refractivity contribution in [3.8, 4) is 0 Å². The fraction of sp³-hybridized carbons (Fsp3) is 1.00. The molecule has 0 radical (unpaired) electrons. The Labute approximate surface area is 91.0 Å². The summed E-state index contributed by atoms with van der Waals surface area (Å²) >= 11 is 3.47. The molecule has 0 saturated carbocycles. The maximum atomic E-state index is 3.47. The first-order valence-corrected chi connectivity index (χ1v) is 6.84. The van der Waals surface area contributed by atoms with E-state index in [4.69, 9.17) is 0 Å². The van der Waals surface area contributed by atoms with E-state index >= 15 is 0 Å². The minimum Gasteiger partial charge on any atom is -0.303 e. The van der Waals surface area contributed by atoms with Crippen molar-refractivity contribution >= 4 is 15.9 Å². The van der Waals surface area contributed by atoms with Gasteiger partial charge in [-0.3, -0.25) is 0 Å². The SMILES string of the molecule is BrCCCCCCN1CCCCC1. The van der Waals surface area contributed by atoms with Crippen LogP contribution in [0.15, 0.2) is 0 Å². The van der Waals surface area contributed by atoms with Crippen molar-refractivity contribution in [2.45, 2.75) is 44.9 Å². The highest BCUT2D eigenvalue weighted by molar-refractivity contribution is 9.09. The van der Waals surface area contributed by atoms with Crippen LogP contribution in [0.5, 0.6) is 0 Å². The van der Waals surface area contributed by atoms with Crippen LogP contribution in [0.25, 0.3) is 0 Å². The predicted molar refractivity (Wildman–Crippen MR) is 62.6 cm³/mol. The molecule has 0 aromatic rings. The van der Waals surface area contributed by atoms with Gasteiger partial charge in [-0.25, -0.2) is 0 Å². The van der Waals surface area contributed by atoms with E-state index in [9.17, 15) is 0 Å². The monoisotopic (exact) mass is 247 g/mol. The lowest BCUT2D eigenvalue weighted by molar-refractivity contribution is 0.224. The number of halogens is 1. The number of hydrogen-bond acceptors (Lipinski definition) is 1. The predicted octanol–water partition coefficient (Wildman–Crippen LogP) is 3.43. The molecule has 0 aromatic heterocycles. The fourth-order valence-electron chi connectivity index (χ4n) is 1.97. The Morgan fingerprint density at radius 1 is 0.846 bits per heavy atom. The molecule has 78 valence electrons. The quantitative estimate of drug-likeness (QED) is 0.514. The van der Waals surface area contributed by atoms with Gasteiger partial charge in [0, 0.05) is 5.33 Å². The molecule has 0 amide bonds. The van der Waals surface area contributed by atoms with E-state index < -0.39 is 0 Å². The van der Waals surface area contributed by atoms with Crippen molar-refractivity contribution < 1.29 is 0 Å². The Bertz CT molecular complexity index is 111. The van der Waals surface area contributed by atoms with Crippen molar-refractivity contribution in [2.24, 2.45) is 0 Å². The van der Waals surface area contributed by atoms with Gasteiger partial charge in [0.2, 0.25) is 0 Å². The fourth-order valence-corrected chi connectivity index (χ4v) is 2.36. The second-order valence-corrected chi connectivity index (χ2v) is 4.80. The Hall–Kier alpha value is 0.440. The maximum Gasteiger partial charge on any atom is 0.00313 e. The summed E-state index contributed by atoms with van der Waals surface area (Å²) in [5.41, 5.74) is 0. The number of piperidine rings is 1. The largest absolute Gasteiger partial charge is 0.303 e. The highest BCUT2D eigenvalue weighted by Gasteiger charge is 2.08. The van der Waals surface area contributed by atoms with Crippen molar-refractivity contribution in [1.29, 1.82) is 0 Å². The summed E-state index contributed by atoms with van der Waals surface area (Å²) in [5, 5.41) is 1.18. The second kappa shape index (κ2) is 7.81. The average molecular weight is 248 g/mol. The summed E-state index contributed by atoms with van der Waals surface area (Å²) in [4.78, 5) is 2.64. The van der Waals surface area contributed by atoms with Gasteiger partial charge in [0.15, 0.2) is 0 Å². The molecule has 0 unspecified atom stereocenters. The minimum atomic E-state index is 1.18. The van der Waals surface area contributed by atoms with E-state index in [0.717, 1.165) is 0 Å². The zero-order valence-electron chi connectivity index (χ0n) is 8.60. The lowest BCUT2D eigenvalue weighted by atomic mass is 10.1. The molecule has 1 fully saturated rings. The van der Waals surface area contributed by atoms with Crippen molar-refractivity contribution in [2.75, 3.05) is 25.0 Å². The molecule has 1 saturated heterocycles. The van der Waals surface area contributed by atoms with Crippen molar-refractivity contribution in [3.63, 3.8) is 0 Å². The van der Waals surface area contributed by atoms with Crippen LogP contribution in [-0.4, -0.2) is 29.9 Å². The average Bonchev–Trinajstić information content (AvgIpc) is 2.19. The molecule has 13 heavy (non-hydrogen) atoms. The standard InChI is InChI=1S/C11H22BrN/c12-8-4-1-2-5-9-13-10-6-3-7-11-13/h1-11H2. The third-order valence-corrected chi connectivity index (χ3v) is 3.37. The Morgan fingerprint density at radius 3 is 2.23 bits per heavy atom. The molecule has 0 aromatic carbocycles. The minimum absolute atomic E-state index is 1.18. The number of nitrogens with zero attached hydrogens (tertiary/aromatic N) is 1. The van der Waals surface area contributed by atoms with Crippen LogP contribution < -0.4 is 0 Å². The summed E-state index contributed by atoms with van der Waals surface area (Å²) in [5.74, 6) is 0. The van der Waals surface area contributed by atoms with Crippen molar-refractivity contribution in [3.05, 3.63) is 0 Å². The first-order chi connectivity index (χ1) is 6.43. The molecule has 0 atom stereocenters. The van der Waals surface area contributed by atoms with Crippen LogP contribution in [0.1, 0.15) is 44.9 Å². The zero-order chi connectivity index (χ0) is 9.36. The van der Waals surface area contributed by atoms with E-state index in [1.165, 1.54) is 69.9 Å². The first kappa shape index (κ1) is 11.5. The van der Waals surface area contributed by atoms with E-state index in [1.54, 1.807) is 0 Å². The van der Waals surface area contributed by atoms with Gasteiger partial charge >= 0.3 is 0 Å². The molecule has 1 aliphatic rings. The van der Waals surface area contributed by atoms with Crippen LogP contribution in [0.2, 0.25) is 0 Å². The second-order valence-electron chi connectivity index (χ2n) is 4.01. The molecule has 2 heteroatoms. The summed E-state index contributed by atoms with van der Waals surface area (Å²) < 4.78 is 0. The highest BCUT2D eigenvalue weighted by Crippen LogP contribution is 2.10.